The molecule has 3 rings (SSSR count). The topological polar surface area (TPSA) is 37.3 Å². The first kappa shape index (κ1) is 11.3. The minimum atomic E-state index is -0.615. The van der Waals surface area contributed by atoms with E-state index in [0.29, 0.717) is 0 Å². The first-order valence-corrected chi connectivity index (χ1v) is 6.94. The van der Waals surface area contributed by atoms with Crippen LogP contribution >= 0.6 is 15.9 Å². The first-order valence-electron chi connectivity index (χ1n) is 6.15. The van der Waals surface area contributed by atoms with E-state index in [2.05, 4.69) is 34.1 Å². The van der Waals surface area contributed by atoms with Crippen molar-refractivity contribution in [3.8, 4) is 0 Å². The summed E-state index contributed by atoms with van der Waals surface area (Å²) in [6, 6.07) is 6.35. The van der Waals surface area contributed by atoms with Gasteiger partial charge >= 0.3 is 5.97 Å². The van der Waals surface area contributed by atoms with Crippen LogP contribution < -0.4 is 0 Å². The van der Waals surface area contributed by atoms with Gasteiger partial charge in [-0.05, 0) is 48.9 Å². The van der Waals surface area contributed by atoms with Crippen molar-refractivity contribution >= 4 is 21.9 Å². The molecule has 3 heteroatoms. The largest absolute Gasteiger partial charge is 0.481 e. The van der Waals surface area contributed by atoms with Crippen LogP contribution in [0.4, 0.5) is 0 Å². The van der Waals surface area contributed by atoms with Crippen molar-refractivity contribution in [2.75, 3.05) is 0 Å². The summed E-state index contributed by atoms with van der Waals surface area (Å²) in [7, 11) is 0. The molecule has 1 N–H and O–H groups in total. The molecule has 0 heterocycles. The monoisotopic (exact) mass is 294 g/mol. The molecule has 1 spiro atoms. The molecule has 2 aliphatic rings. The molecular formula is C14H15BrO2. The van der Waals surface area contributed by atoms with Gasteiger partial charge in [-0.15, -0.1) is 0 Å². The van der Waals surface area contributed by atoms with Gasteiger partial charge in [0.05, 0.1) is 5.92 Å². The van der Waals surface area contributed by atoms with Gasteiger partial charge in [-0.2, -0.15) is 0 Å². The van der Waals surface area contributed by atoms with Crippen LogP contribution in [-0.2, 0) is 16.6 Å². The van der Waals surface area contributed by atoms with Crippen molar-refractivity contribution in [2.45, 2.75) is 37.5 Å². The molecule has 2 nitrogen and oxygen atoms in total. The van der Waals surface area contributed by atoms with E-state index in [1.165, 1.54) is 11.1 Å². The zero-order valence-electron chi connectivity index (χ0n) is 9.58. The number of fused-ring (bicyclic) bond motifs is 2. The summed E-state index contributed by atoms with van der Waals surface area (Å²) in [5.74, 6) is -0.798. The summed E-state index contributed by atoms with van der Waals surface area (Å²) in [5.41, 5.74) is 2.57. The molecule has 1 fully saturated rings. The van der Waals surface area contributed by atoms with Crippen molar-refractivity contribution < 1.29 is 9.90 Å². The second-order valence-electron chi connectivity index (χ2n) is 5.24. The number of halogens is 1. The van der Waals surface area contributed by atoms with Gasteiger partial charge in [0, 0.05) is 9.89 Å². The van der Waals surface area contributed by atoms with Gasteiger partial charge in [0.2, 0.25) is 0 Å². The maximum absolute atomic E-state index is 11.4. The number of carboxylic acid groups (broad SMARTS) is 1. The first-order chi connectivity index (χ1) is 8.13. The number of carbonyl (C=O) groups is 1. The van der Waals surface area contributed by atoms with Crippen molar-refractivity contribution in [2.24, 2.45) is 5.92 Å². The highest BCUT2D eigenvalue weighted by Crippen LogP contribution is 2.54. The molecule has 0 amide bonds. The Morgan fingerprint density at radius 2 is 2.18 bits per heavy atom. The van der Waals surface area contributed by atoms with E-state index in [-0.39, 0.29) is 11.3 Å². The predicted octanol–water partition coefficient (Wildman–Crippen LogP) is 3.52. The maximum atomic E-state index is 11.4. The summed E-state index contributed by atoms with van der Waals surface area (Å²) in [6.07, 6.45) is 4.93. The van der Waals surface area contributed by atoms with Gasteiger partial charge in [-0.25, -0.2) is 0 Å². The van der Waals surface area contributed by atoms with Crippen LogP contribution in [0.5, 0.6) is 0 Å². The van der Waals surface area contributed by atoms with Gasteiger partial charge < -0.3 is 5.11 Å². The standard InChI is InChI=1S/C14H15BrO2/c15-10-4-2-9-3-5-11(13(16)17)14(6-1-7-14)12(9)8-10/h2,4,8,11H,1,3,5-7H2,(H,16,17). The highest BCUT2D eigenvalue weighted by molar-refractivity contribution is 9.10. The van der Waals surface area contributed by atoms with Crippen LogP contribution in [0.1, 0.15) is 36.8 Å². The minimum Gasteiger partial charge on any atom is -0.481 e. The molecule has 1 saturated carbocycles. The fourth-order valence-electron chi connectivity index (χ4n) is 3.53. The highest BCUT2D eigenvalue weighted by Gasteiger charge is 2.51. The van der Waals surface area contributed by atoms with E-state index in [0.717, 1.165) is 36.6 Å². The second kappa shape index (κ2) is 3.84. The molecule has 1 aromatic rings. The quantitative estimate of drug-likeness (QED) is 0.860. The molecule has 1 atom stereocenters. The molecule has 0 saturated heterocycles. The van der Waals surface area contributed by atoms with E-state index < -0.39 is 5.97 Å². The zero-order chi connectivity index (χ0) is 12.0. The number of aliphatic carboxylic acids is 1. The lowest BCUT2D eigenvalue weighted by Crippen LogP contribution is -2.48. The van der Waals surface area contributed by atoms with Gasteiger partial charge in [-0.3, -0.25) is 4.79 Å². The average Bonchev–Trinajstić information content (AvgIpc) is 2.24. The lowest BCUT2D eigenvalue weighted by atomic mass is 9.53. The molecule has 1 unspecified atom stereocenters. The van der Waals surface area contributed by atoms with E-state index in [4.69, 9.17) is 0 Å². The fraction of sp³-hybridized carbons (Fsp3) is 0.500. The number of benzene rings is 1. The summed E-state index contributed by atoms with van der Waals surface area (Å²) in [4.78, 5) is 11.4. The van der Waals surface area contributed by atoms with Crippen molar-refractivity contribution in [3.05, 3.63) is 33.8 Å². The Morgan fingerprint density at radius 3 is 2.76 bits per heavy atom. The Bertz CT molecular complexity index is 477. The van der Waals surface area contributed by atoms with Crippen molar-refractivity contribution in [3.63, 3.8) is 0 Å². The van der Waals surface area contributed by atoms with E-state index >= 15 is 0 Å². The molecule has 1 aromatic carbocycles. The number of hydrogen-bond acceptors (Lipinski definition) is 1. The van der Waals surface area contributed by atoms with E-state index in [9.17, 15) is 9.90 Å². The third kappa shape index (κ3) is 1.55. The van der Waals surface area contributed by atoms with Crippen molar-refractivity contribution in [1.82, 2.24) is 0 Å². The normalized spacial score (nSPS) is 25.1. The number of aryl methyl sites for hydroxylation is 1. The lowest BCUT2D eigenvalue weighted by Gasteiger charge is -2.50. The lowest BCUT2D eigenvalue weighted by molar-refractivity contribution is -0.147. The van der Waals surface area contributed by atoms with Gasteiger partial charge in [0.1, 0.15) is 0 Å². The summed E-state index contributed by atoms with van der Waals surface area (Å²) >= 11 is 3.50. The van der Waals surface area contributed by atoms with Crippen molar-refractivity contribution in [1.29, 1.82) is 0 Å². The Hall–Kier alpha value is -0.830. The smallest absolute Gasteiger partial charge is 0.307 e. The predicted molar refractivity (Wildman–Crippen MR) is 69.1 cm³/mol. The Morgan fingerprint density at radius 1 is 1.41 bits per heavy atom. The third-order valence-corrected chi connectivity index (χ3v) is 5.01. The van der Waals surface area contributed by atoms with Crippen LogP contribution in [0.3, 0.4) is 0 Å². The summed E-state index contributed by atoms with van der Waals surface area (Å²) in [5, 5.41) is 9.42. The Balaban J connectivity index is 2.12. The zero-order valence-corrected chi connectivity index (χ0v) is 11.2. The van der Waals surface area contributed by atoms with E-state index in [1.54, 1.807) is 0 Å². The number of carboxylic acids is 1. The number of rotatable bonds is 1. The molecule has 17 heavy (non-hydrogen) atoms. The van der Waals surface area contributed by atoms with Gasteiger partial charge in [0.25, 0.3) is 0 Å². The van der Waals surface area contributed by atoms with Crippen LogP contribution in [0.2, 0.25) is 0 Å². The number of hydrogen-bond donors (Lipinski definition) is 1. The SMILES string of the molecule is O=C(O)C1CCc2ccc(Br)cc2C12CCC2. The highest BCUT2D eigenvalue weighted by atomic mass is 79.9. The van der Waals surface area contributed by atoms with Gasteiger partial charge in [0.15, 0.2) is 0 Å². The summed E-state index contributed by atoms with van der Waals surface area (Å²) < 4.78 is 1.06. The molecular weight excluding hydrogens is 280 g/mol. The minimum absolute atomic E-state index is 0.0663. The third-order valence-electron chi connectivity index (χ3n) is 4.52. The fourth-order valence-corrected chi connectivity index (χ4v) is 3.89. The molecule has 0 aromatic heterocycles. The second-order valence-corrected chi connectivity index (χ2v) is 6.16. The molecule has 0 bridgehead atoms. The molecule has 90 valence electrons. The van der Waals surface area contributed by atoms with E-state index in [1.807, 2.05) is 0 Å². The van der Waals surface area contributed by atoms with Crippen LogP contribution in [0.15, 0.2) is 22.7 Å². The Kier molecular flexibility index (Phi) is 2.54. The molecule has 0 radical (unpaired) electrons. The van der Waals surface area contributed by atoms with Crippen LogP contribution in [0.25, 0.3) is 0 Å². The average molecular weight is 295 g/mol. The Labute approximate surface area is 109 Å². The molecule has 2 aliphatic carbocycles. The maximum Gasteiger partial charge on any atom is 0.307 e. The van der Waals surface area contributed by atoms with Crippen LogP contribution in [-0.4, -0.2) is 11.1 Å². The summed E-state index contributed by atoms with van der Waals surface area (Å²) in [6.45, 7) is 0. The van der Waals surface area contributed by atoms with Gasteiger partial charge in [-0.1, -0.05) is 28.4 Å². The van der Waals surface area contributed by atoms with Crippen LogP contribution in [0, 0.1) is 5.92 Å². The molecule has 0 aliphatic heterocycles.